The van der Waals surface area contributed by atoms with Crippen LogP contribution in [0.5, 0.6) is 0 Å². The second-order valence-electron chi connectivity index (χ2n) is 6.19. The number of amides is 1. The Labute approximate surface area is 140 Å². The SMILES string of the molecule is COC(=O)c1nccn1Cc1ccc(NC(=O)OC(C)(C)C)cc1. The highest BCUT2D eigenvalue weighted by atomic mass is 16.6. The minimum absolute atomic E-state index is 0.244. The fourth-order valence-electron chi connectivity index (χ4n) is 2.03. The number of hydrogen-bond donors (Lipinski definition) is 1. The van der Waals surface area contributed by atoms with Gasteiger partial charge in [-0.25, -0.2) is 14.6 Å². The Morgan fingerprint density at radius 3 is 2.46 bits per heavy atom. The maximum atomic E-state index is 11.7. The number of benzene rings is 1. The molecule has 1 amide bonds. The summed E-state index contributed by atoms with van der Waals surface area (Å²) < 4.78 is 11.6. The van der Waals surface area contributed by atoms with Crippen LogP contribution < -0.4 is 5.32 Å². The lowest BCUT2D eigenvalue weighted by Crippen LogP contribution is -2.27. The first kappa shape index (κ1) is 17.5. The van der Waals surface area contributed by atoms with Gasteiger partial charge in [0.05, 0.1) is 7.11 Å². The number of aromatic nitrogens is 2. The van der Waals surface area contributed by atoms with E-state index in [9.17, 15) is 9.59 Å². The normalized spacial score (nSPS) is 11.0. The third kappa shape index (κ3) is 4.84. The van der Waals surface area contributed by atoms with Crippen molar-refractivity contribution in [3.8, 4) is 0 Å². The van der Waals surface area contributed by atoms with Crippen LogP contribution in [-0.2, 0) is 16.0 Å². The van der Waals surface area contributed by atoms with Crippen LogP contribution in [0.25, 0.3) is 0 Å². The summed E-state index contributed by atoms with van der Waals surface area (Å²) in [7, 11) is 1.32. The number of hydrogen-bond acceptors (Lipinski definition) is 5. The van der Waals surface area contributed by atoms with Crippen molar-refractivity contribution in [2.45, 2.75) is 32.9 Å². The van der Waals surface area contributed by atoms with Crippen molar-refractivity contribution in [1.82, 2.24) is 9.55 Å². The van der Waals surface area contributed by atoms with Gasteiger partial charge in [0.1, 0.15) is 5.60 Å². The number of nitrogens with one attached hydrogen (secondary N) is 1. The van der Waals surface area contributed by atoms with E-state index in [4.69, 9.17) is 9.47 Å². The van der Waals surface area contributed by atoms with E-state index in [1.165, 1.54) is 7.11 Å². The summed E-state index contributed by atoms with van der Waals surface area (Å²) in [4.78, 5) is 27.3. The molecule has 2 rings (SSSR count). The van der Waals surface area contributed by atoms with Gasteiger partial charge in [-0.2, -0.15) is 0 Å². The van der Waals surface area contributed by atoms with E-state index in [0.29, 0.717) is 12.2 Å². The van der Waals surface area contributed by atoms with Crippen LogP contribution in [0.1, 0.15) is 37.0 Å². The third-order valence-corrected chi connectivity index (χ3v) is 3.04. The molecule has 1 N–H and O–H groups in total. The molecule has 0 atom stereocenters. The van der Waals surface area contributed by atoms with Gasteiger partial charge < -0.3 is 14.0 Å². The molecule has 0 saturated heterocycles. The van der Waals surface area contributed by atoms with Gasteiger partial charge in [0.2, 0.25) is 5.82 Å². The van der Waals surface area contributed by atoms with E-state index in [1.807, 2.05) is 12.1 Å². The molecule has 2 aromatic rings. The largest absolute Gasteiger partial charge is 0.463 e. The Bertz CT molecular complexity index is 714. The zero-order valence-corrected chi connectivity index (χ0v) is 14.2. The van der Waals surface area contributed by atoms with Gasteiger partial charge in [0.25, 0.3) is 0 Å². The molecule has 1 aromatic heterocycles. The Morgan fingerprint density at radius 1 is 1.21 bits per heavy atom. The smallest absolute Gasteiger partial charge is 0.412 e. The first-order valence-corrected chi connectivity index (χ1v) is 7.47. The third-order valence-electron chi connectivity index (χ3n) is 3.04. The number of ether oxygens (including phenoxy) is 2. The Kier molecular flexibility index (Phi) is 5.23. The highest BCUT2D eigenvalue weighted by Gasteiger charge is 2.16. The molecule has 0 fully saturated rings. The lowest BCUT2D eigenvalue weighted by atomic mass is 10.2. The lowest BCUT2D eigenvalue weighted by Gasteiger charge is -2.19. The molecule has 0 unspecified atom stereocenters. The number of rotatable bonds is 4. The van der Waals surface area contributed by atoms with Crippen LogP contribution in [0.2, 0.25) is 0 Å². The molecule has 0 aliphatic heterocycles. The number of carbonyl (C=O) groups is 2. The van der Waals surface area contributed by atoms with Crippen LogP contribution in [0.3, 0.4) is 0 Å². The van der Waals surface area contributed by atoms with Gasteiger partial charge in [0, 0.05) is 24.6 Å². The molecule has 128 valence electrons. The van der Waals surface area contributed by atoms with Gasteiger partial charge in [0.15, 0.2) is 0 Å². The number of imidazole rings is 1. The Balaban J connectivity index is 2.01. The fraction of sp³-hybridized carbons (Fsp3) is 0.353. The molecule has 7 nitrogen and oxygen atoms in total. The van der Waals surface area contributed by atoms with E-state index in [1.54, 1.807) is 49.9 Å². The highest BCUT2D eigenvalue weighted by molar-refractivity contribution is 5.85. The number of nitrogens with zero attached hydrogens (tertiary/aromatic N) is 2. The predicted octanol–water partition coefficient (Wildman–Crippen LogP) is 3.07. The van der Waals surface area contributed by atoms with Crippen molar-refractivity contribution >= 4 is 17.7 Å². The Hall–Kier alpha value is -2.83. The standard InChI is InChI=1S/C17H21N3O4/c1-17(2,3)24-16(22)19-13-7-5-12(6-8-13)11-20-10-9-18-14(20)15(21)23-4/h5-10H,11H2,1-4H3,(H,19,22). The summed E-state index contributed by atoms with van der Waals surface area (Å²) in [5, 5.41) is 2.67. The average Bonchev–Trinajstić information content (AvgIpc) is 2.94. The maximum absolute atomic E-state index is 11.7. The molecule has 0 bridgehead atoms. The van der Waals surface area contributed by atoms with Crippen molar-refractivity contribution in [1.29, 1.82) is 0 Å². The molecule has 0 saturated carbocycles. The van der Waals surface area contributed by atoms with Crippen molar-refractivity contribution in [3.63, 3.8) is 0 Å². The van der Waals surface area contributed by atoms with Gasteiger partial charge >= 0.3 is 12.1 Å². The zero-order valence-electron chi connectivity index (χ0n) is 14.2. The molecule has 0 spiro atoms. The fourth-order valence-corrected chi connectivity index (χ4v) is 2.03. The van der Waals surface area contributed by atoms with E-state index in [2.05, 4.69) is 10.3 Å². The molecule has 1 aromatic carbocycles. The maximum Gasteiger partial charge on any atom is 0.412 e. The second kappa shape index (κ2) is 7.16. The highest BCUT2D eigenvalue weighted by Crippen LogP contribution is 2.14. The summed E-state index contributed by atoms with van der Waals surface area (Å²) in [6.07, 6.45) is 2.75. The van der Waals surface area contributed by atoms with Crippen LogP contribution in [0.15, 0.2) is 36.7 Å². The van der Waals surface area contributed by atoms with Crippen molar-refractivity contribution in [2.75, 3.05) is 12.4 Å². The van der Waals surface area contributed by atoms with Crippen LogP contribution >= 0.6 is 0 Å². The molecule has 7 heteroatoms. The number of methoxy groups -OCH3 is 1. The van der Waals surface area contributed by atoms with E-state index >= 15 is 0 Å². The van der Waals surface area contributed by atoms with Gasteiger partial charge in [-0.3, -0.25) is 5.32 Å². The van der Waals surface area contributed by atoms with Crippen molar-refractivity contribution in [2.24, 2.45) is 0 Å². The summed E-state index contributed by atoms with van der Waals surface area (Å²) in [6, 6.07) is 7.25. The van der Waals surface area contributed by atoms with Gasteiger partial charge in [-0.05, 0) is 38.5 Å². The molecule has 1 heterocycles. The first-order valence-electron chi connectivity index (χ1n) is 7.47. The summed E-state index contributed by atoms with van der Waals surface area (Å²) in [5.41, 5.74) is 1.04. The molecular formula is C17H21N3O4. The molecule has 0 aliphatic carbocycles. The number of esters is 1. The van der Waals surface area contributed by atoms with Crippen LogP contribution in [0, 0.1) is 0 Å². The summed E-state index contributed by atoms with van der Waals surface area (Å²) in [5.74, 6) is -0.239. The molecule has 0 radical (unpaired) electrons. The number of carbonyl (C=O) groups excluding carboxylic acids is 2. The lowest BCUT2D eigenvalue weighted by molar-refractivity contribution is 0.0580. The van der Waals surface area contributed by atoms with E-state index in [-0.39, 0.29) is 5.82 Å². The zero-order chi connectivity index (χ0) is 17.7. The quantitative estimate of drug-likeness (QED) is 0.871. The minimum atomic E-state index is -0.546. The first-order chi connectivity index (χ1) is 11.3. The molecular weight excluding hydrogens is 310 g/mol. The summed E-state index contributed by atoms with van der Waals surface area (Å²) >= 11 is 0. The predicted molar refractivity (Wildman–Crippen MR) is 89.0 cm³/mol. The second-order valence-corrected chi connectivity index (χ2v) is 6.19. The molecule has 0 aliphatic rings. The number of anilines is 1. The van der Waals surface area contributed by atoms with Crippen LogP contribution in [-0.4, -0.2) is 34.3 Å². The van der Waals surface area contributed by atoms with E-state index < -0.39 is 17.7 Å². The molecule has 24 heavy (non-hydrogen) atoms. The minimum Gasteiger partial charge on any atom is -0.463 e. The van der Waals surface area contributed by atoms with Crippen molar-refractivity contribution in [3.05, 3.63) is 48.0 Å². The van der Waals surface area contributed by atoms with E-state index in [0.717, 1.165) is 5.56 Å². The topological polar surface area (TPSA) is 82.5 Å². The van der Waals surface area contributed by atoms with Gasteiger partial charge in [-0.15, -0.1) is 0 Å². The summed E-state index contributed by atoms with van der Waals surface area (Å²) in [6.45, 7) is 5.89. The van der Waals surface area contributed by atoms with Crippen LogP contribution in [0.4, 0.5) is 10.5 Å². The Morgan fingerprint density at radius 2 is 1.88 bits per heavy atom. The average molecular weight is 331 g/mol. The monoisotopic (exact) mass is 331 g/mol. The van der Waals surface area contributed by atoms with Crippen molar-refractivity contribution < 1.29 is 19.1 Å². The van der Waals surface area contributed by atoms with Gasteiger partial charge in [-0.1, -0.05) is 12.1 Å².